The van der Waals surface area contributed by atoms with E-state index in [-0.39, 0.29) is 7.43 Å². The van der Waals surface area contributed by atoms with Crippen LogP contribution in [0.5, 0.6) is 0 Å². The molecule has 0 radical (unpaired) electrons. The maximum atomic E-state index is 4.89. The van der Waals surface area contributed by atoms with Gasteiger partial charge < -0.3 is 17.3 Å². The molecule has 1 heterocycles. The van der Waals surface area contributed by atoms with Crippen LogP contribution in [-0.4, -0.2) is 39.0 Å². The van der Waals surface area contributed by atoms with E-state index in [2.05, 4.69) is 78.5 Å². The van der Waals surface area contributed by atoms with E-state index in [1.807, 2.05) is 0 Å². The fourth-order valence-corrected chi connectivity index (χ4v) is 10.6. The van der Waals surface area contributed by atoms with Gasteiger partial charge in [0.2, 0.25) is 0 Å². The Kier molecular flexibility index (Phi) is 10.9. The summed E-state index contributed by atoms with van der Waals surface area (Å²) in [6.07, 6.45) is 9.98. The predicted molar refractivity (Wildman–Crippen MR) is 133 cm³/mol. The third kappa shape index (κ3) is 5.73. The number of rotatable bonds is 4. The van der Waals surface area contributed by atoms with Gasteiger partial charge in [0.1, 0.15) is 8.24 Å². The summed E-state index contributed by atoms with van der Waals surface area (Å²) in [5.41, 5.74) is 3.87. The first-order valence-corrected chi connectivity index (χ1v) is 18.1. The molecular weight excluding hydrogens is 463 g/mol. The van der Waals surface area contributed by atoms with Crippen LogP contribution in [0.1, 0.15) is 25.3 Å². The fourth-order valence-electron chi connectivity index (χ4n) is 6.00. The van der Waals surface area contributed by atoms with Crippen molar-refractivity contribution in [3.63, 3.8) is 0 Å². The van der Waals surface area contributed by atoms with E-state index in [0.29, 0.717) is 5.92 Å². The number of benzene rings is 1. The second kappa shape index (κ2) is 12.4. The maximum absolute atomic E-state index is 4.89. The summed E-state index contributed by atoms with van der Waals surface area (Å²) < 4.78 is 2.87. The molecule has 0 amide bonds. The number of fused-ring (bicyclic) bond motifs is 1. The Morgan fingerprint density at radius 2 is 1.77 bits per heavy atom. The first-order valence-electron chi connectivity index (χ1n) is 10.8. The van der Waals surface area contributed by atoms with Gasteiger partial charge in [0.05, 0.1) is 0 Å². The van der Waals surface area contributed by atoms with Gasteiger partial charge in [0.25, 0.3) is 0 Å². The standard InChI is InChI=1S/C23H33N2Si.CH3.2ClH.Ti/c1-4-18-17-22-20(19-9-6-5-7-10-19)11-8-12-21(22)23(18)26(2,3)25-15-13-24-14-16-25;;;;/h5-12,18,21-23H,4,13-17H2,1-3H3;1H3;2*1H;/q2*-1;;;+2/p-2. The van der Waals surface area contributed by atoms with E-state index < -0.39 is 25.3 Å². The summed E-state index contributed by atoms with van der Waals surface area (Å²) in [5.74, 6) is 2.29. The molecule has 0 N–H and O–H groups in total. The Balaban J connectivity index is 0.000000757. The number of halogens is 2. The van der Waals surface area contributed by atoms with Crippen molar-refractivity contribution in [3.8, 4) is 0 Å². The van der Waals surface area contributed by atoms with Crippen molar-refractivity contribution in [1.29, 1.82) is 0 Å². The van der Waals surface area contributed by atoms with Crippen LogP contribution in [0.25, 0.3) is 10.9 Å². The number of hydrogen-bond acceptors (Lipinski definition) is 1. The van der Waals surface area contributed by atoms with Crippen LogP contribution >= 0.6 is 18.6 Å². The zero-order chi connectivity index (χ0) is 20.9. The van der Waals surface area contributed by atoms with E-state index in [1.54, 1.807) is 5.57 Å². The molecule has 1 aromatic rings. The van der Waals surface area contributed by atoms with Crippen molar-refractivity contribution in [3.05, 3.63) is 66.9 Å². The summed E-state index contributed by atoms with van der Waals surface area (Å²) in [6, 6.07) is 11.1. The van der Waals surface area contributed by atoms with Gasteiger partial charge in [-0.05, 0) is 53.9 Å². The molecular formula is C24H36Cl2N2SiTi-2. The Bertz CT molecular complexity index is 704. The molecule has 0 spiro atoms. The van der Waals surface area contributed by atoms with Crippen LogP contribution in [0.3, 0.4) is 0 Å². The second-order valence-electron chi connectivity index (χ2n) is 8.87. The van der Waals surface area contributed by atoms with E-state index in [9.17, 15) is 0 Å². The molecule has 1 saturated heterocycles. The first-order chi connectivity index (χ1) is 14.0. The second-order valence-corrected chi connectivity index (χ2v) is 16.1. The quantitative estimate of drug-likeness (QED) is 0.312. The topological polar surface area (TPSA) is 17.3 Å². The average molecular weight is 499 g/mol. The van der Waals surface area contributed by atoms with E-state index in [1.165, 1.54) is 31.5 Å². The van der Waals surface area contributed by atoms with Crippen molar-refractivity contribution in [1.82, 2.24) is 4.57 Å². The van der Waals surface area contributed by atoms with Gasteiger partial charge in [0, 0.05) is 0 Å². The molecule has 4 unspecified atom stereocenters. The minimum atomic E-state index is -1.50. The Morgan fingerprint density at radius 3 is 2.37 bits per heavy atom. The van der Waals surface area contributed by atoms with Crippen LogP contribution in [0.4, 0.5) is 0 Å². The number of piperazine rings is 1. The monoisotopic (exact) mass is 498 g/mol. The van der Waals surface area contributed by atoms with Crippen molar-refractivity contribution in [2.24, 2.45) is 17.8 Å². The van der Waals surface area contributed by atoms with Gasteiger partial charge >= 0.3 is 35.6 Å². The van der Waals surface area contributed by atoms with E-state index in [4.69, 9.17) is 18.6 Å². The molecule has 30 heavy (non-hydrogen) atoms. The molecule has 2 nitrogen and oxygen atoms in total. The average Bonchev–Trinajstić information content (AvgIpc) is 3.15. The Labute approximate surface area is 202 Å². The molecule has 2 aliphatic carbocycles. The van der Waals surface area contributed by atoms with E-state index >= 15 is 0 Å². The Morgan fingerprint density at radius 1 is 1.13 bits per heavy atom. The van der Waals surface area contributed by atoms with Gasteiger partial charge in [-0.2, -0.15) is 0 Å². The van der Waals surface area contributed by atoms with E-state index in [0.717, 1.165) is 30.5 Å². The molecule has 0 bridgehead atoms. The summed E-state index contributed by atoms with van der Waals surface area (Å²) in [4.78, 5) is 0. The minimum absolute atomic E-state index is 0. The summed E-state index contributed by atoms with van der Waals surface area (Å²) >= 11 is -0.556. The van der Waals surface area contributed by atoms with Crippen LogP contribution in [0, 0.1) is 25.2 Å². The summed E-state index contributed by atoms with van der Waals surface area (Å²) in [7, 11) is 8.28. The molecule has 4 rings (SSSR count). The third-order valence-corrected chi connectivity index (χ3v) is 11.8. The zero-order valence-corrected chi connectivity index (χ0v) is 22.9. The molecule has 1 aliphatic heterocycles. The number of hydrogen-bond donors (Lipinski definition) is 0. The fraction of sp³-hybridized carbons (Fsp3) is 0.542. The van der Waals surface area contributed by atoms with Crippen molar-refractivity contribution in [2.45, 2.75) is 38.4 Å². The summed E-state index contributed by atoms with van der Waals surface area (Å²) in [5, 5.41) is 4.60. The number of allylic oxidation sites excluding steroid dienone is 4. The van der Waals surface area contributed by atoms with Gasteiger partial charge in [-0.15, -0.1) is 13.1 Å². The number of nitrogens with zero attached hydrogens (tertiary/aromatic N) is 2. The normalized spacial score (nSPS) is 28.5. The molecule has 4 atom stereocenters. The van der Waals surface area contributed by atoms with Gasteiger partial charge in [-0.1, -0.05) is 75.0 Å². The zero-order valence-electron chi connectivity index (χ0n) is 18.8. The van der Waals surface area contributed by atoms with Gasteiger partial charge in [-0.3, -0.25) is 0 Å². The van der Waals surface area contributed by atoms with Crippen LogP contribution in [0.15, 0.2) is 48.6 Å². The van der Waals surface area contributed by atoms with Crippen LogP contribution < -0.4 is 0 Å². The first kappa shape index (κ1) is 26.4. The molecule has 2 fully saturated rings. The summed E-state index contributed by atoms with van der Waals surface area (Å²) in [6.45, 7) is 12.2. The Hall–Kier alpha value is 0.131. The molecule has 3 aliphatic rings. The molecule has 6 heteroatoms. The molecule has 1 aromatic carbocycles. The van der Waals surface area contributed by atoms with Gasteiger partial charge in [0.15, 0.2) is 0 Å². The molecule has 1 saturated carbocycles. The van der Waals surface area contributed by atoms with Crippen LogP contribution in [-0.2, 0) is 17.0 Å². The SMILES string of the molecule is CCC1CC2C(c3ccccc3)=CC=CC2C1[Si](C)(C)N1CC[N-]CC1.[CH3-].[Cl][Ti][Cl]. The molecule has 166 valence electrons. The predicted octanol–water partition coefficient (Wildman–Crippen LogP) is 7.39. The van der Waals surface area contributed by atoms with Crippen molar-refractivity contribution >= 4 is 32.4 Å². The van der Waals surface area contributed by atoms with Crippen LogP contribution in [0.2, 0.25) is 18.6 Å². The third-order valence-electron chi connectivity index (χ3n) is 7.27. The molecule has 0 aromatic heterocycles. The van der Waals surface area contributed by atoms with Gasteiger partial charge in [-0.25, -0.2) is 0 Å². The van der Waals surface area contributed by atoms with Crippen molar-refractivity contribution in [2.75, 3.05) is 26.2 Å². The van der Waals surface area contributed by atoms with Crippen molar-refractivity contribution < 1.29 is 17.0 Å².